The molecule has 1 N–H and O–H groups in total. The first-order valence-corrected chi connectivity index (χ1v) is 9.41. The number of rotatable bonds is 7. The summed E-state index contributed by atoms with van der Waals surface area (Å²) in [6.45, 7) is 17.0. The average Bonchev–Trinajstić information content (AvgIpc) is 2.47. The third-order valence-corrected chi connectivity index (χ3v) is 4.04. The third kappa shape index (κ3) is 6.97. The second-order valence-electron chi connectivity index (χ2n) is 8.08. The Bertz CT molecular complexity index is 562. The monoisotopic (exact) mass is 348 g/mol. The molecule has 0 saturated heterocycles. The third-order valence-electron chi connectivity index (χ3n) is 4.04. The zero-order valence-corrected chi connectivity index (χ0v) is 17.3. The van der Waals surface area contributed by atoms with Gasteiger partial charge in [-0.25, -0.2) is 4.79 Å². The number of benzene rings is 1. The highest BCUT2D eigenvalue weighted by Crippen LogP contribution is 2.27. The van der Waals surface area contributed by atoms with E-state index in [4.69, 9.17) is 4.74 Å². The number of anilines is 1. The van der Waals surface area contributed by atoms with Gasteiger partial charge < -0.3 is 15.0 Å². The first-order valence-electron chi connectivity index (χ1n) is 9.41. The maximum Gasteiger partial charge on any atom is 0.410 e. The first kappa shape index (κ1) is 21.3. The van der Waals surface area contributed by atoms with Gasteiger partial charge in [-0.15, -0.1) is 0 Å². The molecular weight excluding hydrogens is 312 g/mol. The van der Waals surface area contributed by atoms with Crippen molar-refractivity contribution in [2.75, 3.05) is 11.9 Å². The predicted molar refractivity (Wildman–Crippen MR) is 106 cm³/mol. The van der Waals surface area contributed by atoms with E-state index in [0.29, 0.717) is 12.6 Å². The molecule has 0 spiro atoms. The van der Waals surface area contributed by atoms with Crippen LogP contribution in [0.1, 0.15) is 78.5 Å². The highest BCUT2D eigenvalue weighted by Gasteiger charge is 2.26. The molecule has 0 fully saturated rings. The molecule has 1 atom stereocenters. The minimum absolute atomic E-state index is 0.0327. The van der Waals surface area contributed by atoms with Crippen molar-refractivity contribution in [1.82, 2.24) is 4.90 Å². The summed E-state index contributed by atoms with van der Waals surface area (Å²) in [5.74, 6) is 0. The Hall–Kier alpha value is -1.71. The molecule has 1 aromatic carbocycles. The molecule has 25 heavy (non-hydrogen) atoms. The van der Waals surface area contributed by atoms with Crippen LogP contribution in [0.4, 0.5) is 10.5 Å². The summed E-state index contributed by atoms with van der Waals surface area (Å²) in [4.78, 5) is 14.5. The summed E-state index contributed by atoms with van der Waals surface area (Å²) in [5, 5.41) is 3.48. The van der Waals surface area contributed by atoms with Crippen LogP contribution in [0.2, 0.25) is 0 Å². The fourth-order valence-electron chi connectivity index (χ4n) is 2.64. The minimum Gasteiger partial charge on any atom is -0.444 e. The van der Waals surface area contributed by atoms with Gasteiger partial charge in [0.05, 0.1) is 6.04 Å². The Labute approximate surface area is 153 Å². The number of hydrogen-bond donors (Lipinski definition) is 1. The normalized spacial score (nSPS) is 12.8. The number of nitrogens with one attached hydrogen (secondary N) is 1. The zero-order chi connectivity index (χ0) is 19.2. The number of amides is 1. The van der Waals surface area contributed by atoms with Crippen LogP contribution in [0, 0.1) is 6.92 Å². The van der Waals surface area contributed by atoms with Crippen LogP contribution < -0.4 is 5.32 Å². The first-order chi connectivity index (χ1) is 11.5. The van der Waals surface area contributed by atoms with Crippen molar-refractivity contribution >= 4 is 11.8 Å². The lowest BCUT2D eigenvalue weighted by Gasteiger charge is -2.32. The van der Waals surface area contributed by atoms with E-state index in [1.54, 1.807) is 0 Å². The molecule has 0 heterocycles. The standard InChI is InChI=1S/C21H36N2O2/c1-9-10-13-23(20(24)25-21(6,7)8)17(5)18-12-11-16(4)19(14-18)22-15(2)3/h11-12,14-15,17,22H,9-10,13H2,1-8H3/t17-/m1/s1. The summed E-state index contributed by atoms with van der Waals surface area (Å²) >= 11 is 0. The van der Waals surface area contributed by atoms with Crippen molar-refractivity contribution in [1.29, 1.82) is 0 Å². The largest absolute Gasteiger partial charge is 0.444 e. The second kappa shape index (κ2) is 9.12. The molecule has 142 valence electrons. The SMILES string of the molecule is CCCCN(C(=O)OC(C)(C)C)[C@H](C)c1ccc(C)c(NC(C)C)c1. The molecule has 1 rings (SSSR count). The fraction of sp³-hybridized carbons (Fsp3) is 0.667. The number of nitrogens with zero attached hydrogens (tertiary/aromatic N) is 1. The van der Waals surface area contributed by atoms with E-state index in [2.05, 4.69) is 58.1 Å². The Morgan fingerprint density at radius 2 is 1.88 bits per heavy atom. The topological polar surface area (TPSA) is 41.6 Å². The molecule has 0 unspecified atom stereocenters. The molecule has 4 nitrogen and oxygen atoms in total. The van der Waals surface area contributed by atoms with Crippen LogP contribution in [-0.2, 0) is 4.74 Å². The van der Waals surface area contributed by atoms with Gasteiger partial charge in [0.1, 0.15) is 5.60 Å². The van der Waals surface area contributed by atoms with Gasteiger partial charge in [0.25, 0.3) is 0 Å². The van der Waals surface area contributed by atoms with E-state index in [0.717, 1.165) is 24.1 Å². The van der Waals surface area contributed by atoms with Crippen molar-refractivity contribution in [3.63, 3.8) is 0 Å². The minimum atomic E-state index is -0.487. The highest BCUT2D eigenvalue weighted by molar-refractivity contribution is 5.69. The molecule has 0 bridgehead atoms. The van der Waals surface area contributed by atoms with Gasteiger partial charge in [0.2, 0.25) is 0 Å². The van der Waals surface area contributed by atoms with E-state index < -0.39 is 5.60 Å². The average molecular weight is 349 g/mol. The van der Waals surface area contributed by atoms with Gasteiger partial charge in [-0.05, 0) is 72.1 Å². The molecule has 0 aliphatic carbocycles. The molecule has 0 aliphatic rings. The molecule has 1 amide bonds. The number of hydrogen-bond acceptors (Lipinski definition) is 3. The second-order valence-corrected chi connectivity index (χ2v) is 8.08. The molecule has 0 radical (unpaired) electrons. The summed E-state index contributed by atoms with van der Waals surface area (Å²) in [5.41, 5.74) is 2.97. The summed E-state index contributed by atoms with van der Waals surface area (Å²) in [7, 11) is 0. The van der Waals surface area contributed by atoms with E-state index >= 15 is 0 Å². The number of aryl methyl sites for hydroxylation is 1. The lowest BCUT2D eigenvalue weighted by molar-refractivity contribution is 0.0170. The van der Waals surface area contributed by atoms with Crippen LogP contribution >= 0.6 is 0 Å². The van der Waals surface area contributed by atoms with Crippen LogP contribution in [-0.4, -0.2) is 29.2 Å². The van der Waals surface area contributed by atoms with Gasteiger partial charge in [-0.2, -0.15) is 0 Å². The molecule has 1 aromatic rings. The molecule has 0 saturated carbocycles. The maximum atomic E-state index is 12.7. The molecule has 0 aromatic heterocycles. The van der Waals surface area contributed by atoms with E-state index in [-0.39, 0.29) is 12.1 Å². The van der Waals surface area contributed by atoms with Gasteiger partial charge in [-0.1, -0.05) is 25.5 Å². The number of carbonyl (C=O) groups excluding carboxylic acids is 1. The summed E-state index contributed by atoms with van der Waals surface area (Å²) < 4.78 is 5.63. The Morgan fingerprint density at radius 1 is 1.24 bits per heavy atom. The Balaban J connectivity index is 3.07. The molecule has 0 aliphatic heterocycles. The van der Waals surface area contributed by atoms with Gasteiger partial charge in [0, 0.05) is 18.3 Å². The van der Waals surface area contributed by atoms with Crippen molar-refractivity contribution in [2.24, 2.45) is 0 Å². The highest BCUT2D eigenvalue weighted by atomic mass is 16.6. The Morgan fingerprint density at radius 3 is 2.40 bits per heavy atom. The van der Waals surface area contributed by atoms with Crippen LogP contribution in [0.15, 0.2) is 18.2 Å². The maximum absolute atomic E-state index is 12.7. The van der Waals surface area contributed by atoms with Crippen molar-refractivity contribution in [3.05, 3.63) is 29.3 Å². The lowest BCUT2D eigenvalue weighted by Crippen LogP contribution is -2.39. The van der Waals surface area contributed by atoms with Crippen LogP contribution in [0.3, 0.4) is 0 Å². The van der Waals surface area contributed by atoms with Crippen LogP contribution in [0.25, 0.3) is 0 Å². The zero-order valence-electron chi connectivity index (χ0n) is 17.3. The predicted octanol–water partition coefficient (Wildman–Crippen LogP) is 5.91. The van der Waals surface area contributed by atoms with Crippen molar-refractivity contribution in [3.8, 4) is 0 Å². The number of unbranched alkanes of at least 4 members (excludes halogenated alkanes) is 1. The summed E-state index contributed by atoms with van der Waals surface area (Å²) in [6.07, 6.45) is 1.76. The van der Waals surface area contributed by atoms with Gasteiger partial charge in [-0.3, -0.25) is 0 Å². The Kier molecular flexibility index (Phi) is 7.78. The fourth-order valence-corrected chi connectivity index (χ4v) is 2.64. The van der Waals surface area contributed by atoms with Crippen LogP contribution in [0.5, 0.6) is 0 Å². The summed E-state index contributed by atoms with van der Waals surface area (Å²) in [6, 6.07) is 6.71. The van der Waals surface area contributed by atoms with E-state index in [1.807, 2.05) is 25.7 Å². The van der Waals surface area contributed by atoms with Crippen molar-refractivity contribution < 1.29 is 9.53 Å². The molecular formula is C21H36N2O2. The van der Waals surface area contributed by atoms with E-state index in [1.165, 1.54) is 5.56 Å². The van der Waals surface area contributed by atoms with E-state index in [9.17, 15) is 4.79 Å². The smallest absolute Gasteiger partial charge is 0.410 e. The quantitative estimate of drug-likeness (QED) is 0.665. The van der Waals surface area contributed by atoms with Gasteiger partial charge in [0.15, 0.2) is 0 Å². The molecule has 4 heteroatoms. The lowest BCUT2D eigenvalue weighted by atomic mass is 10.0. The van der Waals surface area contributed by atoms with Gasteiger partial charge >= 0.3 is 6.09 Å². The van der Waals surface area contributed by atoms with Crippen molar-refractivity contribution in [2.45, 2.75) is 85.9 Å². The number of carbonyl (C=O) groups is 1. The number of ether oxygens (including phenoxy) is 1.